The minimum atomic E-state index is 0.173. The molecule has 80 valence electrons. The van der Waals surface area contributed by atoms with Crippen LogP contribution in [0.15, 0.2) is 30.2 Å². The van der Waals surface area contributed by atoms with Crippen LogP contribution in [-0.4, -0.2) is 6.85 Å². The van der Waals surface area contributed by atoms with Crippen molar-refractivity contribution in [1.82, 2.24) is 0 Å². The molecule has 0 saturated carbocycles. The van der Waals surface area contributed by atoms with Crippen LogP contribution in [0.4, 0.5) is 5.69 Å². The third-order valence-electron chi connectivity index (χ3n) is 2.65. The van der Waals surface area contributed by atoms with E-state index in [9.17, 15) is 0 Å². The molecule has 0 unspecified atom stereocenters. The summed E-state index contributed by atoms with van der Waals surface area (Å²) in [6.45, 7) is 2.36. The Morgan fingerprint density at radius 2 is 2.19 bits per heavy atom. The molecule has 1 aromatic rings. The number of rotatable bonds is 2. The van der Waals surface area contributed by atoms with Gasteiger partial charge in [-0.15, -0.1) is 11.7 Å². The molecule has 0 atom stereocenters. The Kier molecular flexibility index (Phi) is 3.72. The molecule has 0 amide bonds. The monoisotopic (exact) mass is 209 g/mol. The van der Waals surface area contributed by atoms with Gasteiger partial charge in [-0.1, -0.05) is 43.6 Å². The van der Waals surface area contributed by atoms with Crippen LogP contribution in [0.25, 0.3) is 6.08 Å². The Morgan fingerprint density at radius 3 is 3.06 bits per heavy atom. The SMILES string of the molecule is CCCCC#CB1C=Cc2ccccc2N1. The molecule has 1 aromatic carbocycles. The predicted octanol–water partition coefficient (Wildman–Crippen LogP) is 3.39. The summed E-state index contributed by atoms with van der Waals surface area (Å²) in [6.07, 6.45) is 5.56. The van der Waals surface area contributed by atoms with E-state index in [0.717, 1.165) is 6.42 Å². The van der Waals surface area contributed by atoms with E-state index in [0.29, 0.717) is 0 Å². The molecule has 1 N–H and O–H groups in total. The van der Waals surface area contributed by atoms with Gasteiger partial charge in [-0.25, -0.2) is 0 Å². The van der Waals surface area contributed by atoms with Crippen LogP contribution in [0.2, 0.25) is 0 Å². The van der Waals surface area contributed by atoms with Gasteiger partial charge in [0.25, 0.3) is 0 Å². The van der Waals surface area contributed by atoms with E-state index in [1.54, 1.807) is 0 Å². The lowest BCUT2D eigenvalue weighted by Gasteiger charge is -2.15. The van der Waals surface area contributed by atoms with Gasteiger partial charge in [0.2, 0.25) is 0 Å². The first kappa shape index (κ1) is 10.9. The summed E-state index contributed by atoms with van der Waals surface area (Å²) >= 11 is 0. The second-order valence-electron chi connectivity index (χ2n) is 3.99. The van der Waals surface area contributed by atoms with E-state index >= 15 is 0 Å². The Balaban J connectivity index is 2.00. The molecular formula is C14H16BN. The number of hydrogen-bond acceptors (Lipinski definition) is 1. The molecule has 2 heteroatoms. The highest BCUT2D eigenvalue weighted by molar-refractivity contribution is 6.76. The summed E-state index contributed by atoms with van der Waals surface area (Å²) in [4.78, 5) is 0. The van der Waals surface area contributed by atoms with Gasteiger partial charge >= 0.3 is 6.85 Å². The fourth-order valence-corrected chi connectivity index (χ4v) is 1.72. The molecule has 1 heterocycles. The molecule has 0 radical (unpaired) electrons. The summed E-state index contributed by atoms with van der Waals surface area (Å²) in [5, 5.41) is 3.41. The van der Waals surface area contributed by atoms with Crippen LogP contribution in [0, 0.1) is 11.7 Å². The average Bonchev–Trinajstić information content (AvgIpc) is 2.34. The molecule has 1 aliphatic heterocycles. The zero-order chi connectivity index (χ0) is 11.2. The highest BCUT2D eigenvalue weighted by Gasteiger charge is 2.13. The normalized spacial score (nSPS) is 12.4. The molecular weight excluding hydrogens is 193 g/mol. The fraction of sp³-hybridized carbons (Fsp3) is 0.286. The number of fused-ring (bicyclic) bond motifs is 1. The highest BCUT2D eigenvalue weighted by Crippen LogP contribution is 2.20. The number of para-hydroxylation sites is 1. The van der Waals surface area contributed by atoms with Crippen molar-refractivity contribution in [2.24, 2.45) is 0 Å². The van der Waals surface area contributed by atoms with Gasteiger partial charge < -0.3 is 5.23 Å². The molecule has 0 aromatic heterocycles. The second-order valence-corrected chi connectivity index (χ2v) is 3.99. The largest absolute Gasteiger partial charge is 0.413 e. The minimum Gasteiger partial charge on any atom is -0.413 e. The van der Waals surface area contributed by atoms with Crippen molar-refractivity contribution in [3.63, 3.8) is 0 Å². The van der Waals surface area contributed by atoms with Crippen LogP contribution >= 0.6 is 0 Å². The van der Waals surface area contributed by atoms with Crippen molar-refractivity contribution in [3.05, 3.63) is 35.8 Å². The number of unbranched alkanes of at least 4 members (excludes halogenated alkanes) is 2. The van der Waals surface area contributed by atoms with Gasteiger partial charge in [-0.05, 0) is 18.1 Å². The van der Waals surface area contributed by atoms with E-state index in [-0.39, 0.29) is 6.85 Å². The van der Waals surface area contributed by atoms with Crippen molar-refractivity contribution < 1.29 is 0 Å². The van der Waals surface area contributed by atoms with Gasteiger partial charge in [0.1, 0.15) is 0 Å². The molecule has 16 heavy (non-hydrogen) atoms. The summed E-state index contributed by atoms with van der Waals surface area (Å²) in [5.74, 6) is 8.60. The minimum absolute atomic E-state index is 0.173. The molecule has 2 rings (SSSR count). The molecule has 0 saturated heterocycles. The van der Waals surface area contributed by atoms with E-state index < -0.39 is 0 Å². The summed E-state index contributed by atoms with van der Waals surface area (Å²) in [7, 11) is 0. The van der Waals surface area contributed by atoms with Crippen LogP contribution in [-0.2, 0) is 0 Å². The maximum atomic E-state index is 3.41. The number of benzene rings is 1. The maximum Gasteiger partial charge on any atom is 0.366 e. The third-order valence-corrected chi connectivity index (χ3v) is 2.65. The lowest BCUT2D eigenvalue weighted by molar-refractivity contribution is 0.828. The van der Waals surface area contributed by atoms with Crippen LogP contribution in [0.1, 0.15) is 31.7 Å². The molecule has 0 bridgehead atoms. The van der Waals surface area contributed by atoms with Crippen molar-refractivity contribution >= 4 is 18.6 Å². The van der Waals surface area contributed by atoms with Crippen molar-refractivity contribution in [2.75, 3.05) is 5.23 Å². The molecule has 0 fully saturated rings. The van der Waals surface area contributed by atoms with Gasteiger partial charge in [-0.2, -0.15) is 0 Å². The lowest BCUT2D eigenvalue weighted by atomic mass is 9.61. The first-order valence-corrected chi connectivity index (χ1v) is 5.92. The van der Waals surface area contributed by atoms with Crippen LogP contribution < -0.4 is 5.23 Å². The Bertz CT molecular complexity index is 440. The molecule has 1 aliphatic rings. The topological polar surface area (TPSA) is 12.0 Å². The lowest BCUT2D eigenvalue weighted by Crippen LogP contribution is -2.23. The zero-order valence-electron chi connectivity index (χ0n) is 9.66. The van der Waals surface area contributed by atoms with Gasteiger partial charge in [0.05, 0.1) is 0 Å². The summed E-state index contributed by atoms with van der Waals surface area (Å²) in [6, 6.07) is 8.31. The standard InChI is InChI=1S/C14H16BN/c1-2-3-4-7-11-15-12-10-13-8-5-6-9-14(13)16-15/h5-6,8-10,12,16H,2-4H2,1H3. The average molecular weight is 209 g/mol. The van der Waals surface area contributed by atoms with Crippen molar-refractivity contribution in [2.45, 2.75) is 26.2 Å². The van der Waals surface area contributed by atoms with Crippen LogP contribution in [0.3, 0.4) is 0 Å². The molecule has 0 spiro atoms. The third kappa shape index (κ3) is 2.70. The van der Waals surface area contributed by atoms with E-state index in [2.05, 4.69) is 54.1 Å². The Labute approximate surface area is 98.1 Å². The van der Waals surface area contributed by atoms with E-state index in [1.807, 2.05) is 6.07 Å². The summed E-state index contributed by atoms with van der Waals surface area (Å²) < 4.78 is 0. The molecule has 0 aliphatic carbocycles. The highest BCUT2D eigenvalue weighted by atomic mass is 14.8. The van der Waals surface area contributed by atoms with Crippen LogP contribution in [0.5, 0.6) is 0 Å². The molecule has 1 nitrogen and oxygen atoms in total. The fourth-order valence-electron chi connectivity index (χ4n) is 1.72. The maximum absolute atomic E-state index is 3.41. The first-order valence-electron chi connectivity index (χ1n) is 5.92. The summed E-state index contributed by atoms with van der Waals surface area (Å²) in [5.41, 5.74) is 2.42. The number of hydrogen-bond donors (Lipinski definition) is 1. The predicted molar refractivity (Wildman–Crippen MR) is 72.2 cm³/mol. The van der Waals surface area contributed by atoms with Crippen molar-refractivity contribution in [1.29, 1.82) is 0 Å². The number of nitrogens with one attached hydrogen (secondary N) is 1. The quantitative estimate of drug-likeness (QED) is 0.447. The zero-order valence-corrected chi connectivity index (χ0v) is 9.66. The van der Waals surface area contributed by atoms with Gasteiger partial charge in [-0.3, -0.25) is 0 Å². The van der Waals surface area contributed by atoms with Gasteiger partial charge in [0.15, 0.2) is 0 Å². The van der Waals surface area contributed by atoms with Crippen molar-refractivity contribution in [3.8, 4) is 11.7 Å². The first-order chi connectivity index (χ1) is 7.90. The number of anilines is 1. The van der Waals surface area contributed by atoms with Gasteiger partial charge in [0, 0.05) is 12.1 Å². The Hall–Kier alpha value is -1.62. The van der Waals surface area contributed by atoms with E-state index in [1.165, 1.54) is 24.1 Å². The Morgan fingerprint density at radius 1 is 1.31 bits per heavy atom. The smallest absolute Gasteiger partial charge is 0.366 e. The van der Waals surface area contributed by atoms with E-state index in [4.69, 9.17) is 0 Å². The second kappa shape index (κ2) is 5.46.